The minimum Gasteiger partial charge on any atom is -0.488 e. The highest BCUT2D eigenvalue weighted by Crippen LogP contribution is 2.45. The number of likely N-dealkylation sites (tertiary alicyclic amines) is 1. The third-order valence-corrected chi connectivity index (χ3v) is 5.19. The standard InChI is InChI=1S/C23H29N3O3/c1-23(2,3)29-22(27)26-12-11-17(14-26)28-16-9-10-18(15-7-8-15)19(13-16)20-5-4-6-21(24)25-20/h4-6,9-10,13,15,17H,7-8,11-12,14H2,1-3H3,(H2,24,25). The molecule has 2 fully saturated rings. The maximum Gasteiger partial charge on any atom is 0.410 e. The summed E-state index contributed by atoms with van der Waals surface area (Å²) < 4.78 is 11.7. The van der Waals surface area contributed by atoms with Gasteiger partial charge in [0.25, 0.3) is 0 Å². The van der Waals surface area contributed by atoms with E-state index in [4.69, 9.17) is 15.2 Å². The van der Waals surface area contributed by atoms with Crippen LogP contribution in [0.2, 0.25) is 0 Å². The van der Waals surface area contributed by atoms with E-state index in [1.165, 1.54) is 18.4 Å². The van der Waals surface area contributed by atoms with E-state index in [1.807, 2.05) is 39.0 Å². The van der Waals surface area contributed by atoms with Crippen molar-refractivity contribution in [2.45, 2.75) is 57.7 Å². The summed E-state index contributed by atoms with van der Waals surface area (Å²) in [6.45, 7) is 6.81. The molecule has 6 heteroatoms. The highest BCUT2D eigenvalue weighted by atomic mass is 16.6. The van der Waals surface area contributed by atoms with Gasteiger partial charge in [-0.15, -0.1) is 0 Å². The van der Waals surface area contributed by atoms with Crippen LogP contribution >= 0.6 is 0 Å². The third kappa shape index (κ3) is 4.81. The fraction of sp³-hybridized carbons (Fsp3) is 0.478. The average molecular weight is 396 g/mol. The van der Waals surface area contributed by atoms with E-state index in [1.54, 1.807) is 11.0 Å². The molecule has 2 aromatic rings. The Hall–Kier alpha value is -2.76. The largest absolute Gasteiger partial charge is 0.488 e. The van der Waals surface area contributed by atoms with Crippen molar-refractivity contribution in [1.82, 2.24) is 9.88 Å². The molecule has 4 rings (SSSR count). The lowest BCUT2D eigenvalue weighted by molar-refractivity contribution is 0.0275. The molecule has 0 radical (unpaired) electrons. The van der Waals surface area contributed by atoms with Gasteiger partial charge in [-0.05, 0) is 69.4 Å². The number of carbonyl (C=O) groups is 1. The Kier molecular flexibility index (Phi) is 5.11. The molecule has 1 aromatic heterocycles. The topological polar surface area (TPSA) is 77.7 Å². The molecule has 1 saturated carbocycles. The van der Waals surface area contributed by atoms with E-state index in [0.717, 1.165) is 23.4 Å². The molecule has 0 spiro atoms. The highest BCUT2D eigenvalue weighted by molar-refractivity contribution is 5.69. The Labute approximate surface area is 172 Å². The van der Waals surface area contributed by atoms with Crippen molar-refractivity contribution in [1.29, 1.82) is 0 Å². The van der Waals surface area contributed by atoms with Crippen molar-refractivity contribution in [2.24, 2.45) is 0 Å². The van der Waals surface area contributed by atoms with Gasteiger partial charge in [-0.25, -0.2) is 9.78 Å². The van der Waals surface area contributed by atoms with Crippen LogP contribution in [0.5, 0.6) is 5.75 Å². The molecule has 1 unspecified atom stereocenters. The first-order chi connectivity index (χ1) is 13.8. The molecule has 2 heterocycles. The van der Waals surface area contributed by atoms with Crippen LogP contribution in [0, 0.1) is 0 Å². The number of nitrogens with two attached hydrogens (primary N) is 1. The van der Waals surface area contributed by atoms with Gasteiger partial charge in [0.15, 0.2) is 0 Å². The number of hydrogen-bond acceptors (Lipinski definition) is 5. The van der Waals surface area contributed by atoms with Crippen LogP contribution in [-0.4, -0.2) is 40.8 Å². The number of hydrogen-bond donors (Lipinski definition) is 1. The van der Waals surface area contributed by atoms with Gasteiger partial charge in [-0.2, -0.15) is 0 Å². The van der Waals surface area contributed by atoms with Gasteiger partial charge >= 0.3 is 6.09 Å². The molecule has 29 heavy (non-hydrogen) atoms. The van der Waals surface area contributed by atoms with E-state index in [0.29, 0.717) is 24.8 Å². The van der Waals surface area contributed by atoms with Gasteiger partial charge in [0, 0.05) is 18.5 Å². The minimum absolute atomic E-state index is 0.0454. The summed E-state index contributed by atoms with van der Waals surface area (Å²) in [6, 6.07) is 11.9. The van der Waals surface area contributed by atoms with E-state index in [-0.39, 0.29) is 12.2 Å². The number of amides is 1. The first kappa shape index (κ1) is 19.6. The number of aromatic nitrogens is 1. The van der Waals surface area contributed by atoms with Crippen molar-refractivity contribution >= 4 is 11.9 Å². The Bertz CT molecular complexity index is 902. The zero-order valence-electron chi connectivity index (χ0n) is 17.4. The molecular formula is C23H29N3O3. The number of rotatable bonds is 4. The molecule has 1 aliphatic carbocycles. The lowest BCUT2D eigenvalue weighted by Crippen LogP contribution is -2.36. The van der Waals surface area contributed by atoms with Crippen molar-refractivity contribution in [3.05, 3.63) is 42.0 Å². The predicted octanol–water partition coefficient (Wildman–Crippen LogP) is 4.60. The molecule has 1 amide bonds. The second-order valence-corrected chi connectivity index (χ2v) is 8.93. The SMILES string of the molecule is CC(C)(C)OC(=O)N1CCC(Oc2ccc(C3CC3)c(-c3cccc(N)n3)c2)C1. The van der Waals surface area contributed by atoms with E-state index in [2.05, 4.69) is 17.1 Å². The Morgan fingerprint density at radius 2 is 1.97 bits per heavy atom. The third-order valence-electron chi connectivity index (χ3n) is 5.19. The van der Waals surface area contributed by atoms with Gasteiger partial charge in [0.05, 0.1) is 12.2 Å². The Morgan fingerprint density at radius 3 is 2.66 bits per heavy atom. The van der Waals surface area contributed by atoms with Crippen LogP contribution in [0.15, 0.2) is 36.4 Å². The van der Waals surface area contributed by atoms with Crippen LogP contribution in [0.4, 0.5) is 10.6 Å². The van der Waals surface area contributed by atoms with Crippen LogP contribution in [0.25, 0.3) is 11.3 Å². The zero-order chi connectivity index (χ0) is 20.6. The molecule has 6 nitrogen and oxygen atoms in total. The Morgan fingerprint density at radius 1 is 1.17 bits per heavy atom. The lowest BCUT2D eigenvalue weighted by Gasteiger charge is -2.24. The van der Waals surface area contributed by atoms with Gasteiger partial charge in [0.2, 0.25) is 0 Å². The number of nitrogen functional groups attached to an aromatic ring is 1. The van der Waals surface area contributed by atoms with Crippen molar-refractivity contribution in [3.63, 3.8) is 0 Å². The van der Waals surface area contributed by atoms with E-state index >= 15 is 0 Å². The summed E-state index contributed by atoms with van der Waals surface area (Å²) >= 11 is 0. The molecule has 1 saturated heterocycles. The van der Waals surface area contributed by atoms with Gasteiger partial charge in [0.1, 0.15) is 23.3 Å². The summed E-state index contributed by atoms with van der Waals surface area (Å²) in [5.74, 6) is 1.90. The molecule has 1 atom stereocenters. The number of carbonyl (C=O) groups excluding carboxylic acids is 1. The average Bonchev–Trinajstić information content (AvgIpc) is 3.39. The second kappa shape index (κ2) is 7.58. The first-order valence-electron chi connectivity index (χ1n) is 10.3. The van der Waals surface area contributed by atoms with E-state index in [9.17, 15) is 4.79 Å². The van der Waals surface area contributed by atoms with Crippen molar-refractivity contribution in [3.8, 4) is 17.0 Å². The van der Waals surface area contributed by atoms with E-state index < -0.39 is 5.60 Å². The van der Waals surface area contributed by atoms with Crippen LogP contribution in [0.1, 0.15) is 51.5 Å². The summed E-state index contributed by atoms with van der Waals surface area (Å²) in [6.07, 6.45) is 2.88. The molecule has 2 N–H and O–H groups in total. The normalized spacial score (nSPS) is 19.3. The van der Waals surface area contributed by atoms with Gasteiger partial charge in [-0.3, -0.25) is 0 Å². The van der Waals surface area contributed by atoms with Gasteiger partial charge < -0.3 is 20.1 Å². The van der Waals surface area contributed by atoms with Crippen LogP contribution in [0.3, 0.4) is 0 Å². The number of anilines is 1. The maximum absolute atomic E-state index is 12.3. The van der Waals surface area contributed by atoms with Gasteiger partial charge in [-0.1, -0.05) is 12.1 Å². The first-order valence-corrected chi connectivity index (χ1v) is 10.3. The molecule has 154 valence electrons. The second-order valence-electron chi connectivity index (χ2n) is 8.93. The fourth-order valence-electron chi connectivity index (χ4n) is 3.69. The number of benzene rings is 1. The molecule has 1 aliphatic heterocycles. The summed E-state index contributed by atoms with van der Waals surface area (Å²) in [7, 11) is 0. The van der Waals surface area contributed by atoms with Crippen LogP contribution < -0.4 is 10.5 Å². The number of ether oxygens (including phenoxy) is 2. The summed E-state index contributed by atoms with van der Waals surface area (Å²) in [4.78, 5) is 18.5. The van der Waals surface area contributed by atoms with Crippen LogP contribution in [-0.2, 0) is 4.74 Å². The van der Waals surface area contributed by atoms with Crippen molar-refractivity contribution in [2.75, 3.05) is 18.8 Å². The molecule has 2 aliphatic rings. The lowest BCUT2D eigenvalue weighted by atomic mass is 9.99. The molecule has 1 aromatic carbocycles. The number of pyridine rings is 1. The smallest absolute Gasteiger partial charge is 0.410 e. The fourth-order valence-corrected chi connectivity index (χ4v) is 3.69. The predicted molar refractivity (Wildman–Crippen MR) is 113 cm³/mol. The zero-order valence-corrected chi connectivity index (χ0v) is 17.4. The highest BCUT2D eigenvalue weighted by Gasteiger charge is 2.31. The number of nitrogens with zero attached hydrogens (tertiary/aromatic N) is 2. The summed E-state index contributed by atoms with van der Waals surface area (Å²) in [5.41, 5.74) is 8.67. The molecule has 0 bridgehead atoms. The van der Waals surface area contributed by atoms with Crippen molar-refractivity contribution < 1.29 is 14.3 Å². The molecular weight excluding hydrogens is 366 g/mol. The maximum atomic E-state index is 12.3. The monoisotopic (exact) mass is 395 g/mol. The minimum atomic E-state index is -0.492. The summed E-state index contributed by atoms with van der Waals surface area (Å²) in [5, 5.41) is 0. The quantitative estimate of drug-likeness (QED) is 0.819. The Balaban J connectivity index is 1.49.